The Morgan fingerprint density at radius 2 is 1.90 bits per heavy atom. The Morgan fingerprint density at radius 3 is 2.43 bits per heavy atom. The predicted octanol–water partition coefficient (Wildman–Crippen LogP) is 2.44. The van der Waals surface area contributed by atoms with Crippen molar-refractivity contribution in [1.82, 2.24) is 4.90 Å². The van der Waals surface area contributed by atoms with Crippen LogP contribution >= 0.6 is 0 Å². The first-order valence-corrected chi connectivity index (χ1v) is 8.40. The number of alkyl halides is 2. The first-order valence-electron chi connectivity index (χ1n) is 6.85. The quantitative estimate of drug-likeness (QED) is 0.839. The summed E-state index contributed by atoms with van der Waals surface area (Å²) < 4.78 is 48.8. The van der Waals surface area contributed by atoms with E-state index in [2.05, 4.69) is 10.2 Å². The number of para-hydroxylation sites is 1. The van der Waals surface area contributed by atoms with Gasteiger partial charge in [-0.2, -0.15) is 8.78 Å². The fourth-order valence-electron chi connectivity index (χ4n) is 2.42. The Balaban J connectivity index is 2.17. The molecule has 0 aliphatic heterocycles. The summed E-state index contributed by atoms with van der Waals surface area (Å²) in [7, 11) is -0.660. The van der Waals surface area contributed by atoms with E-state index in [1.165, 1.54) is 18.2 Å². The number of likely N-dealkylation sites (N-methyl/N-ethyl adjacent to an activating group) is 1. The van der Waals surface area contributed by atoms with Crippen molar-refractivity contribution in [3.63, 3.8) is 0 Å². The fourth-order valence-corrected chi connectivity index (χ4v) is 3.33. The van der Waals surface area contributed by atoms with Crippen LogP contribution in [0.4, 0.5) is 14.5 Å². The van der Waals surface area contributed by atoms with Crippen LogP contribution in [0.1, 0.15) is 12.8 Å². The summed E-state index contributed by atoms with van der Waals surface area (Å²) in [4.78, 5) is 1.74. The highest BCUT2D eigenvalue weighted by Gasteiger charge is 2.33. The predicted molar refractivity (Wildman–Crippen MR) is 78.3 cm³/mol. The Kier molecular flexibility index (Phi) is 4.83. The first-order chi connectivity index (χ1) is 9.84. The van der Waals surface area contributed by atoms with Crippen LogP contribution in [0.2, 0.25) is 0 Å². The number of anilines is 1. The molecule has 7 heteroatoms. The maximum Gasteiger partial charge on any atom is 0.341 e. The van der Waals surface area contributed by atoms with Gasteiger partial charge in [0.15, 0.2) is 0 Å². The summed E-state index contributed by atoms with van der Waals surface area (Å²) in [5.41, 5.74) is 0.241. The maximum atomic E-state index is 12.7. The van der Waals surface area contributed by atoms with Gasteiger partial charge in [0.05, 0.1) is 10.6 Å². The van der Waals surface area contributed by atoms with Crippen LogP contribution in [0.3, 0.4) is 0 Å². The molecule has 1 saturated carbocycles. The molecule has 1 unspecified atom stereocenters. The second-order valence-corrected chi connectivity index (χ2v) is 7.44. The monoisotopic (exact) mass is 318 g/mol. The van der Waals surface area contributed by atoms with Crippen molar-refractivity contribution in [2.24, 2.45) is 5.92 Å². The molecule has 4 nitrogen and oxygen atoms in total. The molecule has 118 valence electrons. The molecule has 0 radical (unpaired) electrons. The van der Waals surface area contributed by atoms with Gasteiger partial charge in [0, 0.05) is 12.6 Å². The van der Waals surface area contributed by atoms with Crippen LogP contribution in [0.25, 0.3) is 0 Å². The van der Waals surface area contributed by atoms with Crippen LogP contribution < -0.4 is 5.32 Å². The molecule has 21 heavy (non-hydrogen) atoms. The topological polar surface area (TPSA) is 49.4 Å². The zero-order chi connectivity index (χ0) is 15.6. The molecule has 1 aromatic rings. The van der Waals surface area contributed by atoms with Crippen molar-refractivity contribution >= 4 is 15.5 Å². The van der Waals surface area contributed by atoms with Crippen molar-refractivity contribution in [2.75, 3.05) is 26.0 Å². The van der Waals surface area contributed by atoms with E-state index < -0.39 is 15.6 Å². The van der Waals surface area contributed by atoms with Gasteiger partial charge in [-0.25, -0.2) is 8.42 Å². The van der Waals surface area contributed by atoms with E-state index in [-0.39, 0.29) is 16.6 Å². The molecule has 0 amide bonds. The van der Waals surface area contributed by atoms with E-state index in [0.717, 1.165) is 12.8 Å². The van der Waals surface area contributed by atoms with Crippen LogP contribution in [-0.4, -0.2) is 45.8 Å². The van der Waals surface area contributed by atoms with E-state index in [0.29, 0.717) is 12.5 Å². The third-order valence-electron chi connectivity index (χ3n) is 3.76. The minimum absolute atomic E-state index is 0.241. The molecule has 0 saturated heterocycles. The first kappa shape index (κ1) is 16.2. The van der Waals surface area contributed by atoms with Gasteiger partial charge in [0.2, 0.25) is 9.84 Å². The van der Waals surface area contributed by atoms with E-state index in [9.17, 15) is 17.2 Å². The lowest BCUT2D eigenvalue weighted by atomic mass is 10.1. The van der Waals surface area contributed by atoms with Gasteiger partial charge in [-0.15, -0.1) is 0 Å². The Hall–Kier alpha value is -1.21. The standard InChI is InChI=1S/C14H20F2N2O2S/c1-18(2)12(10-7-8-10)9-17-11-5-3-4-6-13(11)21(19,20)14(15)16/h3-6,10,12,14,17H,7-9H2,1-2H3. The molecule has 1 N–H and O–H groups in total. The van der Waals surface area contributed by atoms with Crippen LogP contribution in [0, 0.1) is 5.92 Å². The molecule has 1 aromatic carbocycles. The molecular formula is C14H20F2N2O2S. The molecular weight excluding hydrogens is 298 g/mol. The van der Waals surface area contributed by atoms with Crippen molar-refractivity contribution < 1.29 is 17.2 Å². The summed E-state index contributed by atoms with van der Waals surface area (Å²) in [6, 6.07) is 6.09. The van der Waals surface area contributed by atoms with E-state index in [1.54, 1.807) is 6.07 Å². The van der Waals surface area contributed by atoms with Crippen molar-refractivity contribution in [3.8, 4) is 0 Å². The number of nitrogens with zero attached hydrogens (tertiary/aromatic N) is 1. The molecule has 2 rings (SSSR count). The molecule has 1 aliphatic carbocycles. The minimum Gasteiger partial charge on any atom is -0.382 e. The highest BCUT2D eigenvalue weighted by atomic mass is 32.2. The average Bonchev–Trinajstić information content (AvgIpc) is 3.23. The summed E-state index contributed by atoms with van der Waals surface area (Å²) in [5, 5.41) is 3.02. The van der Waals surface area contributed by atoms with Crippen LogP contribution in [0.15, 0.2) is 29.2 Å². The maximum absolute atomic E-state index is 12.7. The third-order valence-corrected chi connectivity index (χ3v) is 5.20. The van der Waals surface area contributed by atoms with Crippen molar-refractivity contribution in [1.29, 1.82) is 0 Å². The van der Waals surface area contributed by atoms with E-state index >= 15 is 0 Å². The van der Waals surface area contributed by atoms with Gasteiger partial charge in [-0.05, 0) is 45.0 Å². The number of nitrogens with one attached hydrogen (secondary N) is 1. The molecule has 1 aliphatic rings. The van der Waals surface area contributed by atoms with Gasteiger partial charge in [0.1, 0.15) is 0 Å². The Morgan fingerprint density at radius 1 is 1.29 bits per heavy atom. The van der Waals surface area contributed by atoms with E-state index in [4.69, 9.17) is 0 Å². The summed E-state index contributed by atoms with van der Waals surface area (Å²) in [6.07, 6.45) is 2.31. The van der Waals surface area contributed by atoms with Crippen LogP contribution in [0.5, 0.6) is 0 Å². The summed E-state index contributed by atoms with van der Waals surface area (Å²) >= 11 is 0. The molecule has 0 heterocycles. The number of hydrogen-bond donors (Lipinski definition) is 1. The average molecular weight is 318 g/mol. The lowest BCUT2D eigenvalue weighted by Crippen LogP contribution is -2.36. The van der Waals surface area contributed by atoms with Gasteiger partial charge < -0.3 is 10.2 Å². The zero-order valence-corrected chi connectivity index (χ0v) is 12.9. The smallest absolute Gasteiger partial charge is 0.341 e. The van der Waals surface area contributed by atoms with E-state index in [1.807, 2.05) is 14.1 Å². The Bertz CT molecular complexity index is 584. The highest BCUT2D eigenvalue weighted by Crippen LogP contribution is 2.35. The number of benzene rings is 1. The zero-order valence-electron chi connectivity index (χ0n) is 12.1. The summed E-state index contributed by atoms with van der Waals surface area (Å²) in [5.74, 6) is -2.82. The molecule has 1 atom stereocenters. The highest BCUT2D eigenvalue weighted by molar-refractivity contribution is 7.91. The molecule has 0 bridgehead atoms. The number of sulfone groups is 1. The Labute approximate surface area is 124 Å². The summed E-state index contributed by atoms with van der Waals surface area (Å²) in [6.45, 7) is 0.535. The van der Waals surface area contributed by atoms with Crippen molar-refractivity contribution in [2.45, 2.75) is 29.5 Å². The second-order valence-electron chi connectivity index (χ2n) is 5.55. The van der Waals surface area contributed by atoms with Gasteiger partial charge in [-0.3, -0.25) is 0 Å². The lowest BCUT2D eigenvalue weighted by molar-refractivity contribution is 0.235. The lowest BCUT2D eigenvalue weighted by Gasteiger charge is -2.25. The van der Waals surface area contributed by atoms with Gasteiger partial charge >= 0.3 is 5.76 Å². The number of rotatable bonds is 7. The minimum atomic E-state index is -4.59. The number of halogens is 2. The van der Waals surface area contributed by atoms with Gasteiger partial charge in [0.25, 0.3) is 0 Å². The molecule has 0 aromatic heterocycles. The third kappa shape index (κ3) is 3.71. The van der Waals surface area contributed by atoms with Crippen molar-refractivity contribution in [3.05, 3.63) is 24.3 Å². The van der Waals surface area contributed by atoms with Crippen LogP contribution in [-0.2, 0) is 9.84 Å². The normalized spacial score (nSPS) is 17.2. The van der Waals surface area contributed by atoms with Gasteiger partial charge in [-0.1, -0.05) is 12.1 Å². The molecule has 0 spiro atoms. The fraction of sp³-hybridized carbons (Fsp3) is 0.571. The SMILES string of the molecule is CN(C)C(CNc1ccccc1S(=O)(=O)C(F)F)C1CC1. The second kappa shape index (κ2) is 6.27. The molecule has 1 fully saturated rings. The largest absolute Gasteiger partial charge is 0.382 e. The number of hydrogen-bond acceptors (Lipinski definition) is 4.